The Kier molecular flexibility index (Phi) is 8.81. The molecule has 178 valence electrons. The van der Waals surface area contributed by atoms with Crippen LogP contribution in [-0.4, -0.2) is 29.2 Å². The molecule has 0 fully saturated rings. The van der Waals surface area contributed by atoms with Crippen LogP contribution < -0.4 is 10.2 Å². The molecule has 0 aromatic heterocycles. The van der Waals surface area contributed by atoms with Crippen LogP contribution >= 0.6 is 11.6 Å². The number of benzene rings is 2. The van der Waals surface area contributed by atoms with E-state index in [-0.39, 0.29) is 35.9 Å². The summed E-state index contributed by atoms with van der Waals surface area (Å²) in [6.45, 7) is 3.91. The van der Waals surface area contributed by atoms with E-state index in [0.717, 1.165) is 11.0 Å². The highest BCUT2D eigenvalue weighted by Gasteiger charge is 2.33. The molecule has 33 heavy (non-hydrogen) atoms. The van der Waals surface area contributed by atoms with Crippen LogP contribution in [0.15, 0.2) is 42.5 Å². The highest BCUT2D eigenvalue weighted by molar-refractivity contribution is 6.29. The van der Waals surface area contributed by atoms with Gasteiger partial charge in [-0.1, -0.05) is 26.0 Å². The topological polar surface area (TPSA) is 92.6 Å². The van der Waals surface area contributed by atoms with Gasteiger partial charge in [0.2, 0.25) is 5.91 Å². The van der Waals surface area contributed by atoms with E-state index in [1.165, 1.54) is 30.3 Å². The fourth-order valence-electron chi connectivity index (χ4n) is 2.94. The second kappa shape index (κ2) is 11.1. The Hall–Kier alpha value is -3.14. The van der Waals surface area contributed by atoms with Gasteiger partial charge >= 0.3 is 6.18 Å². The second-order valence-corrected chi connectivity index (χ2v) is 8.00. The van der Waals surface area contributed by atoms with E-state index in [9.17, 15) is 32.9 Å². The number of carbonyl (C=O) groups excluding carboxylic acids is 2. The van der Waals surface area contributed by atoms with Crippen molar-refractivity contribution in [2.45, 2.75) is 33.0 Å². The van der Waals surface area contributed by atoms with Crippen LogP contribution in [0.3, 0.4) is 0 Å². The normalized spacial score (nSPS) is 11.4. The second-order valence-electron chi connectivity index (χ2n) is 7.73. The summed E-state index contributed by atoms with van der Waals surface area (Å²) in [7, 11) is 0. The van der Waals surface area contributed by atoms with E-state index in [2.05, 4.69) is 5.32 Å². The van der Waals surface area contributed by atoms with Gasteiger partial charge in [-0.15, -0.1) is 11.6 Å². The average molecular weight is 486 g/mol. The lowest BCUT2D eigenvalue weighted by Crippen LogP contribution is -2.34. The molecule has 0 heterocycles. The minimum atomic E-state index is -4.74. The third-order valence-corrected chi connectivity index (χ3v) is 4.99. The summed E-state index contributed by atoms with van der Waals surface area (Å²) in [5, 5.41) is 13.2. The number of hydrogen-bond acceptors (Lipinski definition) is 4. The van der Waals surface area contributed by atoms with Gasteiger partial charge in [0.25, 0.3) is 11.6 Å². The Morgan fingerprint density at radius 3 is 2.30 bits per heavy atom. The number of nitro benzene ring substituents is 1. The molecule has 0 unspecified atom stereocenters. The number of nitrogens with zero attached hydrogens (tertiary/aromatic N) is 2. The highest BCUT2D eigenvalue weighted by atomic mass is 35.5. The quantitative estimate of drug-likeness (QED) is 0.301. The number of rotatable bonds is 9. The number of nitro groups is 1. The number of amides is 2. The van der Waals surface area contributed by atoms with Gasteiger partial charge < -0.3 is 10.2 Å². The first-order chi connectivity index (χ1) is 15.4. The largest absolute Gasteiger partial charge is 0.416 e. The Morgan fingerprint density at radius 2 is 1.79 bits per heavy atom. The zero-order valence-electron chi connectivity index (χ0n) is 18.0. The van der Waals surface area contributed by atoms with E-state index in [0.29, 0.717) is 18.1 Å². The number of anilines is 1. The van der Waals surface area contributed by atoms with Crippen molar-refractivity contribution in [1.29, 1.82) is 0 Å². The molecule has 0 aliphatic heterocycles. The fraction of sp³-hybridized carbons (Fsp3) is 0.364. The van der Waals surface area contributed by atoms with Gasteiger partial charge in [0.1, 0.15) is 5.88 Å². The van der Waals surface area contributed by atoms with Crippen LogP contribution in [0.2, 0.25) is 0 Å². The van der Waals surface area contributed by atoms with E-state index in [4.69, 9.17) is 11.6 Å². The van der Waals surface area contributed by atoms with Crippen LogP contribution in [0, 0.1) is 16.0 Å². The van der Waals surface area contributed by atoms with Crippen molar-refractivity contribution in [3.05, 3.63) is 69.3 Å². The first-order valence-corrected chi connectivity index (χ1v) is 10.6. The lowest BCUT2D eigenvalue weighted by atomic mass is 10.1. The van der Waals surface area contributed by atoms with Crippen molar-refractivity contribution in [1.82, 2.24) is 5.32 Å². The lowest BCUT2D eigenvalue weighted by Gasteiger charge is -2.24. The molecular formula is C22H23ClF3N3O4. The summed E-state index contributed by atoms with van der Waals surface area (Å²) >= 11 is 5.66. The molecule has 0 saturated heterocycles. The average Bonchev–Trinajstić information content (AvgIpc) is 2.76. The molecule has 0 aliphatic carbocycles. The van der Waals surface area contributed by atoms with Crippen molar-refractivity contribution in [2.75, 3.05) is 17.3 Å². The van der Waals surface area contributed by atoms with Gasteiger partial charge in [-0.3, -0.25) is 19.7 Å². The predicted octanol–water partition coefficient (Wildman–Crippen LogP) is 5.16. The van der Waals surface area contributed by atoms with Gasteiger partial charge in [0, 0.05) is 36.5 Å². The zero-order valence-corrected chi connectivity index (χ0v) is 18.7. The monoisotopic (exact) mass is 485 g/mol. The van der Waals surface area contributed by atoms with E-state index < -0.39 is 34.4 Å². The van der Waals surface area contributed by atoms with Gasteiger partial charge in [0.05, 0.1) is 10.5 Å². The number of non-ortho nitro benzene ring substituents is 1. The summed E-state index contributed by atoms with van der Waals surface area (Å²) in [5.74, 6) is -1.60. The van der Waals surface area contributed by atoms with Crippen LogP contribution in [0.1, 0.15) is 41.8 Å². The SMILES string of the molecule is CC(C)CCN(C(=O)CCl)c1cc(C(=O)NCc2ccc([N+](=O)[O-])cc2)cc(C(F)(F)F)c1. The Morgan fingerprint density at radius 1 is 1.15 bits per heavy atom. The van der Waals surface area contributed by atoms with Crippen molar-refractivity contribution in [2.24, 2.45) is 5.92 Å². The first-order valence-electron chi connectivity index (χ1n) is 10.0. The molecular weight excluding hydrogens is 463 g/mol. The molecule has 0 saturated carbocycles. The number of hydrogen-bond donors (Lipinski definition) is 1. The maximum absolute atomic E-state index is 13.5. The van der Waals surface area contributed by atoms with Gasteiger partial charge in [0.15, 0.2) is 0 Å². The minimum absolute atomic E-state index is 0.0555. The molecule has 0 spiro atoms. The third kappa shape index (κ3) is 7.45. The molecule has 11 heteroatoms. The lowest BCUT2D eigenvalue weighted by molar-refractivity contribution is -0.384. The molecule has 2 aromatic rings. The van der Waals surface area contributed by atoms with Crippen LogP contribution in [0.4, 0.5) is 24.5 Å². The summed E-state index contributed by atoms with van der Waals surface area (Å²) in [5.41, 5.74) is -1.03. The number of nitrogens with one attached hydrogen (secondary N) is 1. The molecule has 2 rings (SSSR count). The van der Waals surface area contributed by atoms with E-state index in [1.54, 1.807) is 0 Å². The molecule has 1 N–H and O–H groups in total. The molecule has 0 aliphatic rings. The smallest absolute Gasteiger partial charge is 0.348 e. The molecule has 7 nitrogen and oxygen atoms in total. The van der Waals surface area contributed by atoms with Crippen LogP contribution in [0.25, 0.3) is 0 Å². The zero-order chi connectivity index (χ0) is 24.8. The minimum Gasteiger partial charge on any atom is -0.348 e. The summed E-state index contributed by atoms with van der Waals surface area (Å²) in [6.07, 6.45) is -4.21. The molecule has 0 atom stereocenters. The van der Waals surface area contributed by atoms with Crippen molar-refractivity contribution in [3.63, 3.8) is 0 Å². The maximum atomic E-state index is 13.5. The molecule has 0 radical (unpaired) electrons. The first kappa shape index (κ1) is 26.1. The standard InChI is InChI=1S/C22H23ClF3N3O4/c1-14(2)7-8-28(20(30)12-23)19-10-16(9-17(11-19)22(24,25)26)21(31)27-13-15-3-5-18(6-4-15)29(32)33/h3-6,9-11,14H,7-8,12-13H2,1-2H3,(H,27,31). The van der Waals surface area contributed by atoms with Crippen molar-refractivity contribution >= 4 is 34.8 Å². The number of carbonyl (C=O) groups is 2. The van der Waals surface area contributed by atoms with Gasteiger partial charge in [-0.25, -0.2) is 0 Å². The fourth-order valence-corrected chi connectivity index (χ4v) is 3.08. The third-order valence-electron chi connectivity index (χ3n) is 4.76. The number of alkyl halides is 4. The summed E-state index contributed by atoms with van der Waals surface area (Å²) in [4.78, 5) is 36.3. The van der Waals surface area contributed by atoms with Crippen molar-refractivity contribution < 1.29 is 27.7 Å². The predicted molar refractivity (Wildman–Crippen MR) is 118 cm³/mol. The van der Waals surface area contributed by atoms with E-state index >= 15 is 0 Å². The molecule has 2 amide bonds. The van der Waals surface area contributed by atoms with Crippen LogP contribution in [0.5, 0.6) is 0 Å². The number of halogens is 4. The Labute approximate surface area is 193 Å². The summed E-state index contributed by atoms with van der Waals surface area (Å²) < 4.78 is 40.5. The van der Waals surface area contributed by atoms with Crippen molar-refractivity contribution in [3.8, 4) is 0 Å². The van der Waals surface area contributed by atoms with Gasteiger partial charge in [-0.05, 0) is 36.1 Å². The highest BCUT2D eigenvalue weighted by Crippen LogP contribution is 2.33. The maximum Gasteiger partial charge on any atom is 0.416 e. The Balaban J connectivity index is 2.33. The van der Waals surface area contributed by atoms with E-state index in [1.807, 2.05) is 13.8 Å². The molecule has 2 aromatic carbocycles. The summed E-state index contributed by atoms with van der Waals surface area (Å²) in [6, 6.07) is 8.12. The Bertz CT molecular complexity index is 1010. The van der Waals surface area contributed by atoms with Gasteiger partial charge in [-0.2, -0.15) is 13.2 Å². The van der Waals surface area contributed by atoms with Crippen LogP contribution in [-0.2, 0) is 17.5 Å². The molecule has 0 bridgehead atoms.